The number of nitrogens with zero attached hydrogens (tertiary/aromatic N) is 4. The van der Waals surface area contributed by atoms with E-state index in [0.29, 0.717) is 23.4 Å². The molecule has 0 bridgehead atoms. The summed E-state index contributed by atoms with van der Waals surface area (Å²) in [4.78, 5) is 24.1. The Labute approximate surface area is 177 Å². The second-order valence-corrected chi connectivity index (χ2v) is 7.40. The number of carboxylic acid groups (broad SMARTS) is 1. The first-order valence-corrected chi connectivity index (χ1v) is 9.80. The smallest absolute Gasteiger partial charge is 0.305 e. The summed E-state index contributed by atoms with van der Waals surface area (Å²) in [5, 5.41) is 42.1. The number of aliphatic hydroxyl groups is 3. The molecule has 0 radical (unpaired) electrons. The number of carboxylic acids is 1. The highest BCUT2D eigenvalue weighted by molar-refractivity contribution is 5.83. The Bertz CT molecular complexity index is 1040. The number of hydrogen-bond acceptors (Lipinski definition) is 9. The topological polar surface area (TPSA) is 163 Å². The fourth-order valence-electron chi connectivity index (χ4n) is 3.73. The van der Waals surface area contributed by atoms with Gasteiger partial charge in [-0.25, -0.2) is 15.0 Å². The monoisotopic (exact) mass is 429 g/mol. The summed E-state index contributed by atoms with van der Waals surface area (Å²) in [6.07, 6.45) is -1.42. The normalized spacial score (nSPS) is 24.4. The van der Waals surface area contributed by atoms with Crippen LogP contribution in [0.3, 0.4) is 0 Å². The lowest BCUT2D eigenvalue weighted by Crippen LogP contribution is -2.33. The zero-order valence-corrected chi connectivity index (χ0v) is 16.4. The van der Waals surface area contributed by atoms with Crippen LogP contribution in [-0.4, -0.2) is 76.9 Å². The number of aromatic nitrogens is 4. The van der Waals surface area contributed by atoms with Crippen LogP contribution in [0, 0.1) is 0 Å². The molecular formula is C20H23N5O6. The summed E-state index contributed by atoms with van der Waals surface area (Å²) in [6.45, 7) is -0.445. The van der Waals surface area contributed by atoms with Gasteiger partial charge in [0.1, 0.15) is 24.6 Å². The molecule has 2 unspecified atom stereocenters. The van der Waals surface area contributed by atoms with Crippen LogP contribution in [0.25, 0.3) is 11.2 Å². The van der Waals surface area contributed by atoms with Crippen LogP contribution in [0.15, 0.2) is 43.0 Å². The number of rotatable bonds is 8. The van der Waals surface area contributed by atoms with Gasteiger partial charge in [0.15, 0.2) is 23.2 Å². The van der Waals surface area contributed by atoms with Crippen molar-refractivity contribution >= 4 is 23.0 Å². The van der Waals surface area contributed by atoms with Gasteiger partial charge >= 0.3 is 5.97 Å². The minimum Gasteiger partial charge on any atom is -0.481 e. The van der Waals surface area contributed by atoms with Crippen LogP contribution < -0.4 is 5.32 Å². The number of aliphatic hydroxyl groups excluding tert-OH is 3. The van der Waals surface area contributed by atoms with E-state index in [9.17, 15) is 25.2 Å². The summed E-state index contributed by atoms with van der Waals surface area (Å²) in [7, 11) is 0. The molecule has 2 aromatic heterocycles. The summed E-state index contributed by atoms with van der Waals surface area (Å²) in [6, 6.07) is 9.06. The van der Waals surface area contributed by atoms with Crippen molar-refractivity contribution in [1.82, 2.24) is 19.5 Å². The van der Waals surface area contributed by atoms with Crippen molar-refractivity contribution in [2.45, 2.75) is 43.4 Å². The predicted octanol–water partition coefficient (Wildman–Crippen LogP) is -0.0643. The molecule has 0 spiro atoms. The summed E-state index contributed by atoms with van der Waals surface area (Å²) < 4.78 is 7.01. The highest BCUT2D eigenvalue weighted by atomic mass is 16.6. The third-order valence-electron chi connectivity index (χ3n) is 5.24. The van der Waals surface area contributed by atoms with E-state index in [1.165, 1.54) is 17.2 Å². The molecule has 0 aliphatic carbocycles. The standard InChI is InChI=1S/C20H23N5O6/c26-8-13-16(29)17(30)20(31-13)25-10-23-15-18(21-9-22-19(15)25)24-12(7-14(27)28)6-11-4-2-1-3-5-11/h1-5,9-10,12-13,16-17,20,26,29-30H,6-8H2,(H,27,28)(H,21,22,24)/t12-,13+,16?,17?,20+/m0/s1. The summed E-state index contributed by atoms with van der Waals surface area (Å²) in [5.41, 5.74) is 1.67. The number of ether oxygens (including phenoxy) is 1. The number of nitrogens with one attached hydrogen (secondary N) is 1. The third-order valence-corrected chi connectivity index (χ3v) is 5.24. The first kappa shape index (κ1) is 21.1. The second kappa shape index (κ2) is 8.94. The van der Waals surface area contributed by atoms with E-state index in [-0.39, 0.29) is 6.42 Å². The van der Waals surface area contributed by atoms with Gasteiger partial charge in [-0.2, -0.15) is 0 Å². The lowest BCUT2D eigenvalue weighted by Gasteiger charge is -2.18. The van der Waals surface area contributed by atoms with Crippen LogP contribution in [0.5, 0.6) is 0 Å². The predicted molar refractivity (Wildman–Crippen MR) is 108 cm³/mol. The SMILES string of the molecule is O=C(O)C[C@H](Cc1ccccc1)Nc1ncnc2c1ncn2[C@@H]1O[C@H](CO)C(O)C1O. The lowest BCUT2D eigenvalue weighted by atomic mass is 10.0. The van der Waals surface area contributed by atoms with E-state index >= 15 is 0 Å². The fourth-order valence-corrected chi connectivity index (χ4v) is 3.73. The number of benzene rings is 1. The molecule has 0 saturated carbocycles. The van der Waals surface area contributed by atoms with Crippen molar-refractivity contribution in [3.8, 4) is 0 Å². The molecule has 0 amide bonds. The van der Waals surface area contributed by atoms with Gasteiger partial charge in [-0.15, -0.1) is 0 Å². The second-order valence-electron chi connectivity index (χ2n) is 7.40. The molecule has 1 aromatic carbocycles. The van der Waals surface area contributed by atoms with Crippen molar-refractivity contribution in [2.24, 2.45) is 0 Å². The van der Waals surface area contributed by atoms with E-state index in [0.717, 1.165) is 5.56 Å². The number of anilines is 1. The molecule has 1 aliphatic heterocycles. The molecule has 1 aliphatic rings. The van der Waals surface area contributed by atoms with Crippen molar-refractivity contribution in [2.75, 3.05) is 11.9 Å². The van der Waals surface area contributed by atoms with Crippen molar-refractivity contribution in [3.63, 3.8) is 0 Å². The van der Waals surface area contributed by atoms with Crippen molar-refractivity contribution in [3.05, 3.63) is 48.5 Å². The zero-order chi connectivity index (χ0) is 22.0. The number of imidazole rings is 1. The third kappa shape index (κ3) is 4.35. The van der Waals surface area contributed by atoms with Crippen LogP contribution in [0.4, 0.5) is 5.82 Å². The number of hydrogen-bond donors (Lipinski definition) is 5. The maximum Gasteiger partial charge on any atom is 0.305 e. The van der Waals surface area contributed by atoms with Gasteiger partial charge in [-0.05, 0) is 12.0 Å². The number of carbonyl (C=O) groups is 1. The largest absolute Gasteiger partial charge is 0.481 e. The average Bonchev–Trinajstić information content (AvgIpc) is 3.30. The number of aliphatic carboxylic acids is 1. The minimum atomic E-state index is -1.28. The highest BCUT2D eigenvalue weighted by Gasteiger charge is 2.44. The van der Waals surface area contributed by atoms with Gasteiger partial charge in [0.25, 0.3) is 0 Å². The molecule has 5 N–H and O–H groups in total. The maximum absolute atomic E-state index is 11.4. The van der Waals surface area contributed by atoms with Crippen LogP contribution >= 0.6 is 0 Å². The molecule has 5 atom stereocenters. The maximum atomic E-state index is 11.4. The molecule has 3 heterocycles. The Morgan fingerprint density at radius 2 is 1.94 bits per heavy atom. The Morgan fingerprint density at radius 3 is 2.61 bits per heavy atom. The molecule has 11 nitrogen and oxygen atoms in total. The molecule has 4 rings (SSSR count). The van der Waals surface area contributed by atoms with Crippen LogP contribution in [0.1, 0.15) is 18.2 Å². The number of fused-ring (bicyclic) bond motifs is 1. The van der Waals surface area contributed by atoms with E-state index in [1.807, 2.05) is 30.3 Å². The highest BCUT2D eigenvalue weighted by Crippen LogP contribution is 2.32. The quantitative estimate of drug-likeness (QED) is 0.328. The molecule has 1 fully saturated rings. The molecular weight excluding hydrogens is 406 g/mol. The van der Waals surface area contributed by atoms with Crippen LogP contribution in [-0.2, 0) is 16.0 Å². The fraction of sp³-hybridized carbons (Fsp3) is 0.400. The van der Waals surface area contributed by atoms with Gasteiger partial charge in [-0.1, -0.05) is 30.3 Å². The zero-order valence-electron chi connectivity index (χ0n) is 16.4. The van der Waals surface area contributed by atoms with Crippen LogP contribution in [0.2, 0.25) is 0 Å². The summed E-state index contributed by atoms with van der Waals surface area (Å²) in [5.74, 6) is -0.603. The molecule has 3 aromatic rings. The summed E-state index contributed by atoms with van der Waals surface area (Å²) >= 11 is 0. The van der Waals surface area contributed by atoms with E-state index in [4.69, 9.17) is 4.74 Å². The molecule has 31 heavy (non-hydrogen) atoms. The average molecular weight is 429 g/mol. The first-order valence-electron chi connectivity index (χ1n) is 9.80. The molecule has 11 heteroatoms. The van der Waals surface area contributed by atoms with Gasteiger partial charge in [0.2, 0.25) is 0 Å². The van der Waals surface area contributed by atoms with Gasteiger partial charge in [0, 0.05) is 6.04 Å². The van der Waals surface area contributed by atoms with Crippen molar-refractivity contribution in [1.29, 1.82) is 0 Å². The Kier molecular flexibility index (Phi) is 6.09. The van der Waals surface area contributed by atoms with Crippen molar-refractivity contribution < 1.29 is 30.0 Å². The van der Waals surface area contributed by atoms with Gasteiger partial charge < -0.3 is 30.5 Å². The Hall–Kier alpha value is -3.12. The minimum absolute atomic E-state index is 0.129. The van der Waals surface area contributed by atoms with E-state index in [2.05, 4.69) is 20.3 Å². The van der Waals surface area contributed by atoms with E-state index in [1.54, 1.807) is 0 Å². The lowest BCUT2D eigenvalue weighted by molar-refractivity contribution is -0.137. The Morgan fingerprint density at radius 1 is 1.16 bits per heavy atom. The van der Waals surface area contributed by atoms with Gasteiger partial charge in [0.05, 0.1) is 19.4 Å². The molecule has 1 saturated heterocycles. The Balaban J connectivity index is 1.61. The van der Waals surface area contributed by atoms with Gasteiger partial charge in [-0.3, -0.25) is 9.36 Å². The van der Waals surface area contributed by atoms with E-state index < -0.39 is 43.2 Å². The molecule has 164 valence electrons. The first-order chi connectivity index (χ1) is 15.0.